The molecule has 10 rings (SSSR count). The van der Waals surface area contributed by atoms with Gasteiger partial charge in [-0.3, -0.25) is 19.3 Å². The number of carboxylic acids is 1. The number of piperazine rings is 2. The fourth-order valence-corrected chi connectivity index (χ4v) is 12.2. The number of hydrogen-bond donors (Lipinski definition) is 5. The minimum Gasteiger partial charge on any atom is -0.480 e. The number of hydrogen-bond acceptors (Lipinski definition) is 17. The number of likely N-dealkylation sites (tertiary alicyclic amines) is 1. The first-order valence-electron chi connectivity index (χ1n) is 25.0. The van der Waals surface area contributed by atoms with Crippen LogP contribution in [0.2, 0.25) is 20.1 Å². The van der Waals surface area contributed by atoms with Crippen LogP contribution >= 0.6 is 93.9 Å². The lowest BCUT2D eigenvalue weighted by Gasteiger charge is -2.41. The van der Waals surface area contributed by atoms with E-state index in [0.717, 1.165) is 50.9 Å². The van der Waals surface area contributed by atoms with Crippen molar-refractivity contribution < 1.29 is 33.8 Å². The van der Waals surface area contributed by atoms with Crippen molar-refractivity contribution in [1.29, 1.82) is 0 Å². The molecule has 79 heavy (non-hydrogen) atoms. The summed E-state index contributed by atoms with van der Waals surface area (Å²) >= 11 is 27.8. The van der Waals surface area contributed by atoms with Crippen molar-refractivity contribution in [3.8, 4) is 0 Å². The first-order chi connectivity index (χ1) is 36.8. The number of halogens is 6. The minimum absolute atomic E-state index is 0. The number of primary amides is 1. The number of nitrogens with zero attached hydrogens (tertiary/aromatic N) is 9. The number of carbonyl (C=O) groups excluding carboxylic acids is 4. The Morgan fingerprint density at radius 2 is 1.20 bits per heavy atom. The molecule has 0 spiro atoms. The van der Waals surface area contributed by atoms with E-state index >= 15 is 0 Å². The van der Waals surface area contributed by atoms with E-state index in [2.05, 4.69) is 16.0 Å². The maximum atomic E-state index is 13.6. The van der Waals surface area contributed by atoms with Crippen LogP contribution < -0.4 is 31.5 Å². The molecule has 6 aromatic rings. The maximum Gasteiger partial charge on any atom is 0.410 e. The second kappa shape index (κ2) is 26.4. The Bertz CT molecular complexity index is 3200. The molecule has 2 unspecified atom stereocenters. The standard InChI is InChI=1S/C28H32Cl2N6O5S.C23H25Cl2N7O2S.2ClH/c1-28(2,3)41-27(40)36-9-4-5-20(36)24(37)35-11-10-34(15-21(35)25(38)39)26-32-19-8-12-42-22(19)23(33-26)31-14-16-6-7-17(29)13-18(16)30;24-14-4-3-13(15(25)10-14)11-28-21-19-16(5-9-35-19)29-23(30-21)31-7-8-32(18(12-31)20(26)33)22(34)17-2-1-6-27-17;;/h6-8,12-13,20-21H,4-5,9-11,14-15H2,1-3H3,(H,38,39)(H,31,32,33);3-5,9-10,17-18,27H,1-2,6-8,11-12H2,(H2,26,33)(H,28,29,30);2*1H/t20-,21?;17-,18?;;/m11../s1. The highest BCUT2D eigenvalue weighted by molar-refractivity contribution is 7.18. The molecule has 8 heterocycles. The summed E-state index contributed by atoms with van der Waals surface area (Å²) in [4.78, 5) is 91.2. The second-order valence-electron chi connectivity index (χ2n) is 19.9. The molecule has 4 aromatic heterocycles. The SMILES string of the molecule is CC(C)(C)OC(=O)N1CCC[C@@H]1C(=O)N1CCN(c2nc(NCc3ccc(Cl)cc3Cl)c3sccc3n2)CC1C(=O)O.Cl.Cl.NC(=O)C1CN(c2nc(NCc3ccc(Cl)cc3Cl)c3sccc3n2)CCN1C(=O)[C@H]1CCCN1. The molecule has 0 aliphatic carbocycles. The molecule has 20 nitrogen and oxygen atoms in total. The van der Waals surface area contributed by atoms with Gasteiger partial charge >= 0.3 is 12.1 Å². The van der Waals surface area contributed by atoms with Gasteiger partial charge in [-0.25, -0.2) is 19.6 Å². The van der Waals surface area contributed by atoms with Crippen molar-refractivity contribution in [2.45, 2.75) is 89.3 Å². The highest BCUT2D eigenvalue weighted by Gasteiger charge is 2.44. The Hall–Kier alpha value is -5.43. The molecule has 0 bridgehead atoms. The zero-order chi connectivity index (χ0) is 54.7. The number of amides is 4. The van der Waals surface area contributed by atoms with E-state index in [1.54, 1.807) is 66.2 Å². The Labute approximate surface area is 496 Å². The number of benzene rings is 2. The largest absolute Gasteiger partial charge is 0.480 e. The molecule has 4 atom stereocenters. The van der Waals surface area contributed by atoms with Crippen LogP contribution in [0.1, 0.15) is 57.6 Å². The van der Waals surface area contributed by atoms with Crippen LogP contribution in [-0.2, 0) is 37.0 Å². The average Bonchev–Trinajstić information content (AvgIpc) is 4.27. The zero-order valence-electron chi connectivity index (χ0n) is 43.1. The van der Waals surface area contributed by atoms with E-state index in [1.807, 2.05) is 39.9 Å². The van der Waals surface area contributed by atoms with E-state index in [0.29, 0.717) is 95.7 Å². The second-order valence-corrected chi connectivity index (χ2v) is 23.4. The van der Waals surface area contributed by atoms with Crippen molar-refractivity contribution in [3.63, 3.8) is 0 Å². The number of aliphatic carboxylic acids is 1. The van der Waals surface area contributed by atoms with E-state index < -0.39 is 41.7 Å². The van der Waals surface area contributed by atoms with Gasteiger partial charge in [0.05, 0.1) is 39.6 Å². The van der Waals surface area contributed by atoms with Crippen LogP contribution in [0.3, 0.4) is 0 Å². The molecular weight excluding hydrogens is 1180 g/mol. The first-order valence-corrected chi connectivity index (χ1v) is 28.3. The number of carboxylic acid groups (broad SMARTS) is 1. The molecule has 0 radical (unpaired) electrons. The van der Waals surface area contributed by atoms with Gasteiger partial charge in [-0.05, 0) is 111 Å². The number of nitrogens with two attached hydrogens (primary N) is 1. The summed E-state index contributed by atoms with van der Waals surface area (Å²) in [6.45, 7) is 8.92. The van der Waals surface area contributed by atoms with Crippen LogP contribution in [0, 0.1) is 0 Å². The predicted octanol–water partition coefficient (Wildman–Crippen LogP) is 8.82. The van der Waals surface area contributed by atoms with Gasteiger partial charge in [-0.2, -0.15) is 9.97 Å². The smallest absolute Gasteiger partial charge is 0.410 e. The number of thiophene rings is 2. The lowest BCUT2D eigenvalue weighted by atomic mass is 10.1. The molecule has 6 N–H and O–H groups in total. The number of nitrogens with one attached hydrogen (secondary N) is 3. The average molecular weight is 1240 g/mol. The van der Waals surface area contributed by atoms with Gasteiger partial charge in [0.1, 0.15) is 35.4 Å². The molecule has 4 amide bonds. The normalized spacial score (nSPS) is 19.3. The summed E-state index contributed by atoms with van der Waals surface area (Å²) in [6, 6.07) is 11.6. The van der Waals surface area contributed by atoms with E-state index in [-0.39, 0.29) is 62.3 Å². The Balaban J connectivity index is 0.000000226. The number of ether oxygens (including phenoxy) is 1. The van der Waals surface area contributed by atoms with Crippen molar-refractivity contribution >= 4 is 168 Å². The van der Waals surface area contributed by atoms with Gasteiger partial charge in [0, 0.05) is 65.9 Å². The van der Waals surface area contributed by atoms with Gasteiger partial charge in [0.2, 0.25) is 29.6 Å². The van der Waals surface area contributed by atoms with Crippen LogP contribution in [0.5, 0.6) is 0 Å². The number of aromatic nitrogens is 4. The lowest BCUT2D eigenvalue weighted by molar-refractivity contribution is -0.152. The number of anilines is 4. The van der Waals surface area contributed by atoms with E-state index in [9.17, 15) is 29.1 Å². The third-order valence-corrected chi connectivity index (χ3v) is 16.5. The Kier molecular flexibility index (Phi) is 20.5. The van der Waals surface area contributed by atoms with Crippen LogP contribution in [0.4, 0.5) is 28.3 Å². The third-order valence-electron chi connectivity index (χ3n) is 13.5. The Morgan fingerprint density at radius 1 is 0.684 bits per heavy atom. The van der Waals surface area contributed by atoms with E-state index in [1.165, 1.54) is 21.1 Å². The molecular formula is C51H59Cl6N13O7S2. The van der Waals surface area contributed by atoms with Crippen LogP contribution in [0.25, 0.3) is 20.4 Å². The highest BCUT2D eigenvalue weighted by atomic mass is 35.5. The number of rotatable bonds is 12. The maximum absolute atomic E-state index is 13.6. The topological polar surface area (TPSA) is 245 Å². The minimum atomic E-state index is -1.14. The number of carbonyl (C=O) groups is 5. The molecule has 4 aliphatic heterocycles. The van der Waals surface area contributed by atoms with Crippen molar-refractivity contribution in [2.75, 3.05) is 72.8 Å². The summed E-state index contributed by atoms with van der Waals surface area (Å²) < 4.78 is 7.27. The molecule has 4 aliphatic rings. The van der Waals surface area contributed by atoms with Crippen molar-refractivity contribution in [3.05, 3.63) is 90.5 Å². The summed E-state index contributed by atoms with van der Waals surface area (Å²) in [6.07, 6.45) is 2.24. The first kappa shape index (κ1) is 61.2. The van der Waals surface area contributed by atoms with Gasteiger partial charge in [-0.1, -0.05) is 58.5 Å². The molecule has 424 valence electrons. The van der Waals surface area contributed by atoms with Crippen molar-refractivity contribution in [1.82, 2.24) is 40.0 Å². The summed E-state index contributed by atoms with van der Waals surface area (Å²) in [5, 5.41) is 26.2. The fourth-order valence-electron chi connectivity index (χ4n) is 9.67. The lowest BCUT2D eigenvalue weighted by Crippen LogP contribution is -2.62. The van der Waals surface area contributed by atoms with Crippen LogP contribution in [-0.4, -0.2) is 152 Å². The summed E-state index contributed by atoms with van der Waals surface area (Å²) in [5.41, 5.74) is 8.27. The molecule has 4 fully saturated rings. The van der Waals surface area contributed by atoms with Gasteiger partial charge in [-0.15, -0.1) is 47.5 Å². The fraction of sp³-hybridized carbons (Fsp3) is 0.431. The Morgan fingerprint density at radius 3 is 1.67 bits per heavy atom. The van der Waals surface area contributed by atoms with E-state index in [4.69, 9.17) is 76.8 Å². The molecule has 4 saturated heterocycles. The van der Waals surface area contributed by atoms with Crippen molar-refractivity contribution in [2.24, 2.45) is 5.73 Å². The highest BCUT2D eigenvalue weighted by Crippen LogP contribution is 2.34. The predicted molar refractivity (Wildman–Crippen MR) is 316 cm³/mol. The van der Waals surface area contributed by atoms with Gasteiger partial charge in [0.25, 0.3) is 0 Å². The molecule has 28 heteroatoms. The molecule has 0 saturated carbocycles. The number of fused-ring (bicyclic) bond motifs is 2. The van der Waals surface area contributed by atoms with Crippen LogP contribution in [0.15, 0.2) is 59.3 Å². The molecule has 2 aromatic carbocycles. The zero-order valence-corrected chi connectivity index (χ0v) is 49.4. The third kappa shape index (κ3) is 14.4. The quantitative estimate of drug-likeness (QED) is 0.0768. The summed E-state index contributed by atoms with van der Waals surface area (Å²) in [5.74, 6) is -0.00596. The summed E-state index contributed by atoms with van der Waals surface area (Å²) in [7, 11) is 0. The van der Waals surface area contributed by atoms with Gasteiger partial charge < -0.3 is 51.1 Å². The van der Waals surface area contributed by atoms with Gasteiger partial charge in [0.15, 0.2) is 0 Å². The monoisotopic (exact) mass is 1240 g/mol.